The molecule has 152 valence electrons. The van der Waals surface area contributed by atoms with Gasteiger partial charge in [-0.1, -0.05) is 5.11 Å². The largest absolute Gasteiger partial charge is 0.463 e. The Balaban J connectivity index is 2.24. The van der Waals surface area contributed by atoms with Gasteiger partial charge in [0.15, 0.2) is 6.29 Å². The second-order valence-corrected chi connectivity index (χ2v) is 5.51. The number of esters is 1. The molecule has 0 aliphatic carbocycles. The van der Waals surface area contributed by atoms with Gasteiger partial charge in [-0.3, -0.25) is 9.59 Å². The molecule has 1 N–H and O–H groups in total. The molecule has 1 heterocycles. The molecule has 11 heteroatoms. The van der Waals surface area contributed by atoms with E-state index in [1.54, 1.807) is 12.8 Å². The number of amides is 1. The summed E-state index contributed by atoms with van der Waals surface area (Å²) in [6, 6.07) is -0.444. The number of ether oxygens (including phenoxy) is 5. The van der Waals surface area contributed by atoms with Crippen molar-refractivity contribution >= 4 is 11.9 Å². The Labute approximate surface area is 158 Å². The van der Waals surface area contributed by atoms with Crippen molar-refractivity contribution in [1.29, 1.82) is 0 Å². The summed E-state index contributed by atoms with van der Waals surface area (Å²) < 4.78 is 26.9. The van der Waals surface area contributed by atoms with Crippen LogP contribution in [0, 0.1) is 12.8 Å². The van der Waals surface area contributed by atoms with Gasteiger partial charge in [-0.25, -0.2) is 0 Å². The topological polar surface area (TPSA) is 141 Å². The Bertz CT molecular complexity index is 499. The van der Waals surface area contributed by atoms with E-state index in [0.717, 1.165) is 0 Å². The molecular formula is C16H26N4O7. The summed E-state index contributed by atoms with van der Waals surface area (Å²) >= 11 is 0. The van der Waals surface area contributed by atoms with Crippen LogP contribution in [0.3, 0.4) is 0 Å². The van der Waals surface area contributed by atoms with Gasteiger partial charge in [0.1, 0.15) is 6.61 Å². The first-order chi connectivity index (χ1) is 13.0. The molecule has 3 atom stereocenters. The van der Waals surface area contributed by atoms with Crippen LogP contribution in [-0.2, 0) is 33.3 Å². The highest BCUT2D eigenvalue weighted by molar-refractivity contribution is 5.73. The third kappa shape index (κ3) is 11.4. The standard InChI is InChI=1S/C16H26N4O7/c1-12(21)19-15-4-3-14(11-26-13(2)22)27-16(15)25-10-9-24-8-7-23-6-5-18-20-17/h3-4,14-16H,5-11H2,1-2H3,(H,19,21)/t14-,15-,16-/m1/s1. The molecular weight excluding hydrogens is 360 g/mol. The van der Waals surface area contributed by atoms with Crippen LogP contribution in [0.15, 0.2) is 5.11 Å². The van der Waals surface area contributed by atoms with Gasteiger partial charge in [-0.2, -0.15) is 0 Å². The maximum Gasteiger partial charge on any atom is 0.302 e. The molecule has 1 aliphatic rings. The van der Waals surface area contributed by atoms with Gasteiger partial charge < -0.3 is 29.0 Å². The number of hydrogen-bond acceptors (Lipinski definition) is 8. The molecule has 1 saturated heterocycles. The molecule has 0 unspecified atom stereocenters. The first-order valence-corrected chi connectivity index (χ1v) is 8.55. The molecule has 0 saturated carbocycles. The third-order valence-electron chi connectivity index (χ3n) is 3.24. The van der Waals surface area contributed by atoms with Crippen LogP contribution < -0.4 is 5.32 Å². The van der Waals surface area contributed by atoms with Gasteiger partial charge >= 0.3 is 5.97 Å². The average Bonchev–Trinajstić information content (AvgIpc) is 2.62. The van der Waals surface area contributed by atoms with Crippen LogP contribution >= 0.6 is 0 Å². The molecule has 11 nitrogen and oxygen atoms in total. The van der Waals surface area contributed by atoms with E-state index in [-0.39, 0.29) is 25.7 Å². The SMILES string of the molecule is CC(=O)N[C@@H]1[CH][CH][C@H](COC(C)=O)O[C@H]1OCCOCCOCCN=[N+]=[N-]. The van der Waals surface area contributed by atoms with E-state index < -0.39 is 24.4 Å². The first kappa shape index (κ1) is 23.1. The third-order valence-corrected chi connectivity index (χ3v) is 3.24. The van der Waals surface area contributed by atoms with Gasteiger partial charge in [0.25, 0.3) is 0 Å². The molecule has 0 aromatic heterocycles. The molecule has 1 fully saturated rings. The van der Waals surface area contributed by atoms with Gasteiger partial charge in [-0.15, -0.1) is 0 Å². The van der Waals surface area contributed by atoms with Crippen molar-refractivity contribution in [1.82, 2.24) is 5.32 Å². The fourth-order valence-electron chi connectivity index (χ4n) is 2.12. The molecule has 1 rings (SSSR count). The molecule has 0 bridgehead atoms. The molecule has 0 spiro atoms. The maximum absolute atomic E-state index is 11.3. The lowest BCUT2D eigenvalue weighted by Gasteiger charge is -2.35. The lowest BCUT2D eigenvalue weighted by molar-refractivity contribution is -0.200. The summed E-state index contributed by atoms with van der Waals surface area (Å²) in [5, 5.41) is 6.07. The normalized spacial score (nSPS) is 21.9. The minimum Gasteiger partial charge on any atom is -0.463 e. The Morgan fingerprint density at radius 1 is 1.15 bits per heavy atom. The van der Waals surface area contributed by atoms with Crippen molar-refractivity contribution in [2.75, 3.05) is 46.2 Å². The Morgan fingerprint density at radius 2 is 1.85 bits per heavy atom. The predicted octanol–water partition coefficient (Wildman–Crippen LogP) is 0.548. The quantitative estimate of drug-likeness (QED) is 0.160. The van der Waals surface area contributed by atoms with E-state index >= 15 is 0 Å². The highest BCUT2D eigenvalue weighted by atomic mass is 16.7. The zero-order chi connectivity index (χ0) is 19.9. The number of nitrogens with zero attached hydrogens (tertiary/aromatic N) is 3. The second kappa shape index (κ2) is 14.2. The van der Waals surface area contributed by atoms with Crippen LogP contribution in [0.5, 0.6) is 0 Å². The Hall–Kier alpha value is -1.91. The lowest BCUT2D eigenvalue weighted by Crippen LogP contribution is -2.51. The highest BCUT2D eigenvalue weighted by Crippen LogP contribution is 2.19. The van der Waals surface area contributed by atoms with Gasteiger partial charge in [-0.05, 0) is 18.4 Å². The molecule has 0 aromatic carbocycles. The van der Waals surface area contributed by atoms with E-state index in [1.165, 1.54) is 13.8 Å². The number of carbonyl (C=O) groups excluding carboxylic acids is 2. The molecule has 1 amide bonds. The van der Waals surface area contributed by atoms with E-state index in [1.807, 2.05) is 0 Å². The van der Waals surface area contributed by atoms with E-state index in [0.29, 0.717) is 26.4 Å². The van der Waals surface area contributed by atoms with Crippen molar-refractivity contribution in [3.63, 3.8) is 0 Å². The van der Waals surface area contributed by atoms with Crippen LogP contribution in [0.2, 0.25) is 0 Å². The number of azide groups is 1. The van der Waals surface area contributed by atoms with Gasteiger partial charge in [0.2, 0.25) is 5.91 Å². The highest BCUT2D eigenvalue weighted by Gasteiger charge is 2.33. The monoisotopic (exact) mass is 386 g/mol. The number of hydrogen-bond donors (Lipinski definition) is 1. The number of nitrogens with one attached hydrogen (secondary N) is 1. The van der Waals surface area contributed by atoms with Gasteiger partial charge in [0, 0.05) is 25.3 Å². The van der Waals surface area contributed by atoms with E-state index in [4.69, 9.17) is 29.2 Å². The van der Waals surface area contributed by atoms with Crippen LogP contribution in [-0.4, -0.2) is 76.5 Å². The summed E-state index contributed by atoms with van der Waals surface area (Å²) in [4.78, 5) is 24.8. The maximum atomic E-state index is 11.3. The number of rotatable bonds is 13. The zero-order valence-electron chi connectivity index (χ0n) is 15.5. The summed E-state index contributed by atoms with van der Waals surface area (Å²) in [6.07, 6.45) is 2.30. The minimum atomic E-state index is -0.719. The fourth-order valence-corrected chi connectivity index (χ4v) is 2.12. The average molecular weight is 386 g/mol. The first-order valence-electron chi connectivity index (χ1n) is 8.55. The molecule has 1 aliphatic heterocycles. The van der Waals surface area contributed by atoms with E-state index in [9.17, 15) is 9.59 Å². The Kier molecular flexibility index (Phi) is 12.2. The minimum absolute atomic E-state index is 0.0716. The molecule has 27 heavy (non-hydrogen) atoms. The van der Waals surface area contributed by atoms with Crippen molar-refractivity contribution < 1.29 is 33.3 Å². The summed E-state index contributed by atoms with van der Waals surface area (Å²) in [5.41, 5.74) is 8.12. The summed E-state index contributed by atoms with van der Waals surface area (Å²) in [5.74, 6) is -0.613. The van der Waals surface area contributed by atoms with Crippen LogP contribution in [0.4, 0.5) is 0 Å². The van der Waals surface area contributed by atoms with Crippen LogP contribution in [0.25, 0.3) is 10.4 Å². The summed E-state index contributed by atoms with van der Waals surface area (Å²) in [6.45, 7) is 4.72. The summed E-state index contributed by atoms with van der Waals surface area (Å²) in [7, 11) is 0. The smallest absolute Gasteiger partial charge is 0.302 e. The molecule has 2 radical (unpaired) electrons. The lowest BCUT2D eigenvalue weighted by atomic mass is 10.0. The second-order valence-electron chi connectivity index (χ2n) is 5.51. The van der Waals surface area contributed by atoms with E-state index in [2.05, 4.69) is 15.3 Å². The van der Waals surface area contributed by atoms with Crippen molar-refractivity contribution in [3.8, 4) is 0 Å². The van der Waals surface area contributed by atoms with Crippen molar-refractivity contribution in [3.05, 3.63) is 23.3 Å². The number of carbonyl (C=O) groups is 2. The van der Waals surface area contributed by atoms with Gasteiger partial charge in [0.05, 0.1) is 45.2 Å². The fraction of sp³-hybridized carbons (Fsp3) is 0.750. The van der Waals surface area contributed by atoms with Crippen LogP contribution in [0.1, 0.15) is 13.8 Å². The molecule has 0 aromatic rings. The predicted molar refractivity (Wildman–Crippen MR) is 93.1 cm³/mol. The van der Waals surface area contributed by atoms with Crippen molar-refractivity contribution in [2.24, 2.45) is 5.11 Å². The van der Waals surface area contributed by atoms with Crippen molar-refractivity contribution in [2.45, 2.75) is 32.3 Å². The zero-order valence-corrected chi connectivity index (χ0v) is 15.5. The Morgan fingerprint density at radius 3 is 2.52 bits per heavy atom.